The van der Waals surface area contributed by atoms with Crippen LogP contribution in [0.3, 0.4) is 0 Å². The van der Waals surface area contributed by atoms with Gasteiger partial charge in [-0.05, 0) is 32.0 Å². The summed E-state index contributed by atoms with van der Waals surface area (Å²) in [5.74, 6) is -0.114. The van der Waals surface area contributed by atoms with Crippen LogP contribution in [-0.4, -0.2) is 37.1 Å². The van der Waals surface area contributed by atoms with Gasteiger partial charge in [0.1, 0.15) is 0 Å². The summed E-state index contributed by atoms with van der Waals surface area (Å²) in [6, 6.07) is 4.92. The van der Waals surface area contributed by atoms with Crippen LogP contribution in [0.5, 0.6) is 0 Å². The van der Waals surface area contributed by atoms with Gasteiger partial charge in [-0.1, -0.05) is 11.6 Å². The standard InChI is InChI=1S/C13H19ClN2O2/c1-3-16(7-8-18-4-2)13(17)11-9-10(14)5-6-12(11)15/h5-6,9H,3-4,7-8,15H2,1-2H3. The molecule has 1 aromatic rings. The number of anilines is 1. The molecule has 0 aromatic heterocycles. The van der Waals surface area contributed by atoms with Crippen LogP contribution in [-0.2, 0) is 4.74 Å². The fraction of sp³-hybridized carbons (Fsp3) is 0.462. The van der Waals surface area contributed by atoms with E-state index < -0.39 is 0 Å². The molecule has 0 aliphatic carbocycles. The highest BCUT2D eigenvalue weighted by Gasteiger charge is 2.16. The number of hydrogen-bond donors (Lipinski definition) is 1. The van der Waals surface area contributed by atoms with Crippen molar-refractivity contribution in [3.05, 3.63) is 28.8 Å². The number of carbonyl (C=O) groups is 1. The van der Waals surface area contributed by atoms with E-state index in [-0.39, 0.29) is 5.91 Å². The summed E-state index contributed by atoms with van der Waals surface area (Å²) in [7, 11) is 0. The minimum absolute atomic E-state index is 0.114. The van der Waals surface area contributed by atoms with E-state index in [0.29, 0.717) is 42.6 Å². The number of nitrogens with two attached hydrogens (primary N) is 1. The molecular weight excluding hydrogens is 252 g/mol. The largest absolute Gasteiger partial charge is 0.398 e. The lowest BCUT2D eigenvalue weighted by atomic mass is 10.1. The molecule has 18 heavy (non-hydrogen) atoms. The van der Waals surface area contributed by atoms with E-state index >= 15 is 0 Å². The maximum Gasteiger partial charge on any atom is 0.256 e. The third-order valence-corrected chi connectivity index (χ3v) is 2.86. The zero-order valence-corrected chi connectivity index (χ0v) is 11.5. The summed E-state index contributed by atoms with van der Waals surface area (Å²) in [4.78, 5) is 14.0. The molecule has 0 aliphatic rings. The van der Waals surface area contributed by atoms with Gasteiger partial charge in [-0.2, -0.15) is 0 Å². The maximum absolute atomic E-state index is 12.3. The van der Waals surface area contributed by atoms with Crippen molar-refractivity contribution in [2.75, 3.05) is 32.0 Å². The molecule has 0 aliphatic heterocycles. The van der Waals surface area contributed by atoms with Gasteiger partial charge in [-0.3, -0.25) is 4.79 Å². The summed E-state index contributed by atoms with van der Waals surface area (Å²) in [5, 5.41) is 0.508. The molecule has 0 heterocycles. The van der Waals surface area contributed by atoms with Crippen molar-refractivity contribution < 1.29 is 9.53 Å². The number of nitrogen functional groups attached to an aromatic ring is 1. The van der Waals surface area contributed by atoms with E-state index in [9.17, 15) is 4.79 Å². The van der Waals surface area contributed by atoms with Crippen molar-refractivity contribution in [3.63, 3.8) is 0 Å². The van der Waals surface area contributed by atoms with Crippen LogP contribution in [0.2, 0.25) is 5.02 Å². The summed E-state index contributed by atoms with van der Waals surface area (Å²) in [5.41, 5.74) is 6.69. The van der Waals surface area contributed by atoms with Gasteiger partial charge in [-0.15, -0.1) is 0 Å². The zero-order valence-electron chi connectivity index (χ0n) is 10.8. The predicted octanol–water partition coefficient (Wildman–Crippen LogP) is 2.42. The van der Waals surface area contributed by atoms with Crippen molar-refractivity contribution in [3.8, 4) is 0 Å². The van der Waals surface area contributed by atoms with Gasteiger partial charge in [0.25, 0.3) is 5.91 Å². The first-order valence-corrected chi connectivity index (χ1v) is 6.40. The minimum Gasteiger partial charge on any atom is -0.398 e. The minimum atomic E-state index is -0.114. The van der Waals surface area contributed by atoms with Crippen LogP contribution in [0.4, 0.5) is 5.69 Å². The van der Waals surface area contributed by atoms with Crippen LogP contribution in [0.15, 0.2) is 18.2 Å². The van der Waals surface area contributed by atoms with E-state index in [0.717, 1.165) is 0 Å². The Morgan fingerprint density at radius 3 is 2.78 bits per heavy atom. The normalized spacial score (nSPS) is 10.4. The second-order valence-electron chi connectivity index (χ2n) is 3.81. The maximum atomic E-state index is 12.3. The number of halogens is 1. The lowest BCUT2D eigenvalue weighted by Crippen LogP contribution is -2.34. The highest BCUT2D eigenvalue weighted by Crippen LogP contribution is 2.19. The number of hydrogen-bond acceptors (Lipinski definition) is 3. The molecule has 0 radical (unpaired) electrons. The lowest BCUT2D eigenvalue weighted by Gasteiger charge is -2.21. The molecule has 0 atom stereocenters. The molecule has 0 saturated heterocycles. The van der Waals surface area contributed by atoms with Gasteiger partial charge >= 0.3 is 0 Å². The van der Waals surface area contributed by atoms with Gasteiger partial charge in [0, 0.05) is 30.4 Å². The van der Waals surface area contributed by atoms with E-state index in [1.54, 1.807) is 23.1 Å². The van der Waals surface area contributed by atoms with Gasteiger partial charge in [0.05, 0.1) is 12.2 Å². The molecule has 0 fully saturated rings. The number of nitrogens with zero attached hydrogens (tertiary/aromatic N) is 1. The third-order valence-electron chi connectivity index (χ3n) is 2.62. The van der Waals surface area contributed by atoms with Crippen LogP contribution < -0.4 is 5.73 Å². The van der Waals surface area contributed by atoms with E-state index in [4.69, 9.17) is 22.1 Å². The van der Waals surface area contributed by atoms with Crippen molar-refractivity contribution >= 4 is 23.2 Å². The van der Waals surface area contributed by atoms with E-state index in [1.807, 2.05) is 13.8 Å². The van der Waals surface area contributed by atoms with E-state index in [2.05, 4.69) is 0 Å². The zero-order chi connectivity index (χ0) is 13.5. The number of carbonyl (C=O) groups excluding carboxylic acids is 1. The lowest BCUT2D eigenvalue weighted by molar-refractivity contribution is 0.0670. The fourth-order valence-corrected chi connectivity index (χ4v) is 1.78. The molecule has 1 aromatic carbocycles. The molecule has 0 saturated carbocycles. The van der Waals surface area contributed by atoms with Crippen LogP contribution in [0, 0.1) is 0 Å². The summed E-state index contributed by atoms with van der Waals surface area (Å²) in [6.07, 6.45) is 0. The number of ether oxygens (including phenoxy) is 1. The highest BCUT2D eigenvalue weighted by atomic mass is 35.5. The Balaban J connectivity index is 2.79. The summed E-state index contributed by atoms with van der Waals surface area (Å²) in [6.45, 7) is 6.17. The molecule has 1 rings (SSSR count). The van der Waals surface area contributed by atoms with Gasteiger partial charge in [-0.25, -0.2) is 0 Å². The number of benzene rings is 1. The fourth-order valence-electron chi connectivity index (χ4n) is 1.61. The molecule has 4 nitrogen and oxygen atoms in total. The number of likely N-dealkylation sites (N-methyl/N-ethyl adjacent to an activating group) is 1. The Labute approximate surface area is 113 Å². The molecule has 0 unspecified atom stereocenters. The third kappa shape index (κ3) is 3.89. The quantitative estimate of drug-likeness (QED) is 0.638. The molecule has 0 bridgehead atoms. The second kappa shape index (κ2) is 7.24. The second-order valence-corrected chi connectivity index (χ2v) is 4.25. The summed E-state index contributed by atoms with van der Waals surface area (Å²) >= 11 is 5.88. The molecule has 0 spiro atoms. The van der Waals surface area contributed by atoms with Crippen molar-refractivity contribution in [1.29, 1.82) is 0 Å². The first-order chi connectivity index (χ1) is 8.60. The SMILES string of the molecule is CCOCCN(CC)C(=O)c1cc(Cl)ccc1N. The predicted molar refractivity (Wildman–Crippen MR) is 73.9 cm³/mol. The number of rotatable bonds is 6. The van der Waals surface area contributed by atoms with Crippen molar-refractivity contribution in [2.45, 2.75) is 13.8 Å². The van der Waals surface area contributed by atoms with Gasteiger partial charge in [0.15, 0.2) is 0 Å². The van der Waals surface area contributed by atoms with E-state index in [1.165, 1.54) is 0 Å². The van der Waals surface area contributed by atoms with Gasteiger partial charge in [0.2, 0.25) is 0 Å². The van der Waals surface area contributed by atoms with Crippen molar-refractivity contribution in [1.82, 2.24) is 4.90 Å². The van der Waals surface area contributed by atoms with Crippen LogP contribution in [0.1, 0.15) is 24.2 Å². The van der Waals surface area contributed by atoms with Crippen LogP contribution in [0.25, 0.3) is 0 Å². The average Bonchev–Trinajstić information content (AvgIpc) is 2.37. The Hall–Kier alpha value is -1.26. The Morgan fingerprint density at radius 2 is 2.17 bits per heavy atom. The van der Waals surface area contributed by atoms with Crippen LogP contribution >= 0.6 is 11.6 Å². The Kier molecular flexibility index (Phi) is 5.95. The Morgan fingerprint density at radius 1 is 1.44 bits per heavy atom. The topological polar surface area (TPSA) is 55.6 Å². The van der Waals surface area contributed by atoms with Crippen molar-refractivity contribution in [2.24, 2.45) is 0 Å². The summed E-state index contributed by atoms with van der Waals surface area (Å²) < 4.78 is 5.25. The number of amides is 1. The Bertz CT molecular complexity index is 410. The van der Waals surface area contributed by atoms with Gasteiger partial charge < -0.3 is 15.4 Å². The smallest absolute Gasteiger partial charge is 0.256 e. The first-order valence-electron chi connectivity index (χ1n) is 6.02. The monoisotopic (exact) mass is 270 g/mol. The molecule has 100 valence electrons. The molecule has 1 amide bonds. The molecule has 2 N–H and O–H groups in total. The molecule has 5 heteroatoms. The average molecular weight is 271 g/mol. The highest BCUT2D eigenvalue weighted by molar-refractivity contribution is 6.31. The molecular formula is C13H19ClN2O2. The first kappa shape index (κ1) is 14.8.